The van der Waals surface area contributed by atoms with E-state index in [2.05, 4.69) is 10.0 Å². The first-order valence-electron chi connectivity index (χ1n) is 9.57. The van der Waals surface area contributed by atoms with Crippen LogP contribution in [0.15, 0.2) is 71.6 Å². The molecular weight excluding hydrogens is 419 g/mol. The van der Waals surface area contributed by atoms with Gasteiger partial charge >= 0.3 is 0 Å². The standard InChI is InChI=1S/C23H23FN2O4S/c1-15-4-5-16(2)22(14-15)26-31(28,29)21-12-8-19(9-13-21)25-23(27)17(3)30-20-10-6-18(24)7-11-20/h4-14,17,26H,1-3H3,(H,25,27). The van der Waals surface area contributed by atoms with E-state index in [-0.39, 0.29) is 4.90 Å². The number of benzene rings is 3. The van der Waals surface area contributed by atoms with E-state index in [0.29, 0.717) is 17.1 Å². The van der Waals surface area contributed by atoms with Gasteiger partial charge in [-0.2, -0.15) is 0 Å². The van der Waals surface area contributed by atoms with E-state index in [9.17, 15) is 17.6 Å². The lowest BCUT2D eigenvalue weighted by atomic mass is 10.1. The van der Waals surface area contributed by atoms with Crippen molar-refractivity contribution >= 4 is 27.3 Å². The van der Waals surface area contributed by atoms with E-state index in [1.54, 1.807) is 13.0 Å². The first-order chi connectivity index (χ1) is 14.6. The van der Waals surface area contributed by atoms with Crippen LogP contribution in [0.1, 0.15) is 18.1 Å². The number of rotatable bonds is 7. The van der Waals surface area contributed by atoms with Gasteiger partial charge in [-0.1, -0.05) is 12.1 Å². The molecule has 0 aliphatic heterocycles. The number of hydrogen-bond acceptors (Lipinski definition) is 4. The number of amides is 1. The van der Waals surface area contributed by atoms with Gasteiger partial charge in [0.1, 0.15) is 11.6 Å². The summed E-state index contributed by atoms with van der Waals surface area (Å²) in [5, 5.41) is 2.67. The summed E-state index contributed by atoms with van der Waals surface area (Å²) in [6.07, 6.45) is -0.833. The molecule has 1 amide bonds. The summed E-state index contributed by atoms with van der Waals surface area (Å²) in [5.41, 5.74) is 2.70. The molecule has 1 atom stereocenters. The Morgan fingerprint density at radius 2 is 1.61 bits per heavy atom. The second-order valence-electron chi connectivity index (χ2n) is 7.15. The molecule has 0 aliphatic carbocycles. The number of sulfonamides is 1. The lowest BCUT2D eigenvalue weighted by molar-refractivity contribution is -0.122. The van der Waals surface area contributed by atoms with Crippen molar-refractivity contribution in [1.29, 1.82) is 0 Å². The quantitative estimate of drug-likeness (QED) is 0.558. The van der Waals surface area contributed by atoms with Crippen LogP contribution in [0.4, 0.5) is 15.8 Å². The Morgan fingerprint density at radius 1 is 0.968 bits per heavy atom. The van der Waals surface area contributed by atoms with E-state index in [1.165, 1.54) is 48.5 Å². The summed E-state index contributed by atoms with van der Waals surface area (Å²) >= 11 is 0. The maximum absolute atomic E-state index is 13.0. The molecule has 0 aliphatic rings. The van der Waals surface area contributed by atoms with E-state index in [4.69, 9.17) is 4.74 Å². The number of ether oxygens (including phenoxy) is 1. The highest BCUT2D eigenvalue weighted by Gasteiger charge is 2.18. The summed E-state index contributed by atoms with van der Waals surface area (Å²) in [7, 11) is -3.78. The topological polar surface area (TPSA) is 84.5 Å². The molecule has 0 saturated carbocycles. The predicted molar refractivity (Wildman–Crippen MR) is 118 cm³/mol. The van der Waals surface area contributed by atoms with E-state index in [1.807, 2.05) is 26.0 Å². The Bertz CT molecular complexity index is 1180. The molecule has 0 radical (unpaired) electrons. The Morgan fingerprint density at radius 3 is 2.26 bits per heavy atom. The second kappa shape index (κ2) is 9.18. The van der Waals surface area contributed by atoms with Gasteiger partial charge in [-0.05, 0) is 86.5 Å². The lowest BCUT2D eigenvalue weighted by Crippen LogP contribution is -2.30. The molecule has 0 aromatic heterocycles. The Labute approximate surface area is 181 Å². The third-order valence-corrected chi connectivity index (χ3v) is 5.95. The van der Waals surface area contributed by atoms with Gasteiger partial charge in [-0.25, -0.2) is 12.8 Å². The third kappa shape index (κ3) is 5.82. The molecule has 0 heterocycles. The summed E-state index contributed by atoms with van der Waals surface area (Å²) in [6, 6.07) is 16.7. The molecule has 0 bridgehead atoms. The fourth-order valence-electron chi connectivity index (χ4n) is 2.78. The highest BCUT2D eigenvalue weighted by Crippen LogP contribution is 2.22. The van der Waals surface area contributed by atoms with Gasteiger partial charge < -0.3 is 10.1 Å². The Kier molecular flexibility index (Phi) is 6.60. The minimum absolute atomic E-state index is 0.0713. The van der Waals surface area contributed by atoms with Crippen LogP contribution in [0.5, 0.6) is 5.75 Å². The number of hydrogen-bond donors (Lipinski definition) is 2. The minimum Gasteiger partial charge on any atom is -0.481 e. The van der Waals surface area contributed by atoms with Crippen LogP contribution in [-0.4, -0.2) is 20.4 Å². The maximum Gasteiger partial charge on any atom is 0.265 e. The van der Waals surface area contributed by atoms with Gasteiger partial charge in [0.2, 0.25) is 0 Å². The molecule has 31 heavy (non-hydrogen) atoms. The van der Waals surface area contributed by atoms with Crippen molar-refractivity contribution < 1.29 is 22.3 Å². The van der Waals surface area contributed by atoms with E-state index >= 15 is 0 Å². The average molecular weight is 443 g/mol. The van der Waals surface area contributed by atoms with Crippen LogP contribution >= 0.6 is 0 Å². The zero-order valence-corrected chi connectivity index (χ0v) is 18.2. The van der Waals surface area contributed by atoms with Crippen LogP contribution in [0.2, 0.25) is 0 Å². The molecule has 8 heteroatoms. The molecule has 2 N–H and O–H groups in total. The van der Waals surface area contributed by atoms with Crippen molar-refractivity contribution in [2.45, 2.75) is 31.8 Å². The van der Waals surface area contributed by atoms with Crippen molar-refractivity contribution in [3.63, 3.8) is 0 Å². The molecule has 0 spiro atoms. The summed E-state index contributed by atoms with van der Waals surface area (Å²) in [6.45, 7) is 5.27. The van der Waals surface area contributed by atoms with Crippen molar-refractivity contribution in [3.8, 4) is 5.75 Å². The first kappa shape index (κ1) is 22.3. The molecule has 0 saturated heterocycles. The normalized spacial score (nSPS) is 12.1. The maximum atomic E-state index is 13.0. The minimum atomic E-state index is -3.78. The van der Waals surface area contributed by atoms with E-state index < -0.39 is 27.9 Å². The second-order valence-corrected chi connectivity index (χ2v) is 8.83. The zero-order valence-electron chi connectivity index (χ0n) is 17.3. The molecule has 3 aromatic carbocycles. The summed E-state index contributed by atoms with van der Waals surface area (Å²) in [4.78, 5) is 12.4. The lowest BCUT2D eigenvalue weighted by Gasteiger charge is -2.15. The third-order valence-electron chi connectivity index (χ3n) is 4.57. The molecular formula is C23H23FN2O4S. The van der Waals surface area contributed by atoms with Crippen LogP contribution in [0.3, 0.4) is 0 Å². The van der Waals surface area contributed by atoms with Gasteiger partial charge in [-0.3, -0.25) is 9.52 Å². The van der Waals surface area contributed by atoms with Gasteiger partial charge in [-0.15, -0.1) is 0 Å². The van der Waals surface area contributed by atoms with Crippen molar-refractivity contribution in [2.75, 3.05) is 10.0 Å². The Hall–Kier alpha value is -3.39. The van der Waals surface area contributed by atoms with Gasteiger partial charge in [0.05, 0.1) is 10.6 Å². The number of nitrogens with one attached hydrogen (secondary N) is 2. The molecule has 3 rings (SSSR count). The highest BCUT2D eigenvalue weighted by atomic mass is 32.2. The summed E-state index contributed by atoms with van der Waals surface area (Å²) < 4.78 is 46.4. The molecule has 162 valence electrons. The smallest absolute Gasteiger partial charge is 0.265 e. The van der Waals surface area contributed by atoms with Crippen LogP contribution in [0, 0.1) is 19.7 Å². The van der Waals surface area contributed by atoms with Crippen molar-refractivity contribution in [2.24, 2.45) is 0 Å². The van der Waals surface area contributed by atoms with Gasteiger partial charge in [0, 0.05) is 5.69 Å². The first-order valence-corrected chi connectivity index (χ1v) is 11.1. The predicted octanol–water partition coefficient (Wildman–Crippen LogP) is 4.65. The molecule has 3 aromatic rings. The highest BCUT2D eigenvalue weighted by molar-refractivity contribution is 7.92. The number of halogens is 1. The zero-order chi connectivity index (χ0) is 22.6. The molecule has 6 nitrogen and oxygen atoms in total. The van der Waals surface area contributed by atoms with E-state index in [0.717, 1.165) is 11.1 Å². The fraction of sp³-hybridized carbons (Fsp3) is 0.174. The molecule has 0 fully saturated rings. The monoisotopic (exact) mass is 442 g/mol. The van der Waals surface area contributed by atoms with Crippen molar-refractivity contribution in [3.05, 3.63) is 83.7 Å². The fourth-order valence-corrected chi connectivity index (χ4v) is 3.90. The molecule has 1 unspecified atom stereocenters. The van der Waals surface area contributed by atoms with Gasteiger partial charge in [0.15, 0.2) is 6.10 Å². The Balaban J connectivity index is 1.65. The number of anilines is 2. The number of aryl methyl sites for hydroxylation is 2. The van der Waals surface area contributed by atoms with Crippen LogP contribution in [0.25, 0.3) is 0 Å². The van der Waals surface area contributed by atoms with Crippen LogP contribution < -0.4 is 14.8 Å². The largest absolute Gasteiger partial charge is 0.481 e. The number of carbonyl (C=O) groups excluding carboxylic acids is 1. The SMILES string of the molecule is Cc1ccc(C)c(NS(=O)(=O)c2ccc(NC(=O)C(C)Oc3ccc(F)cc3)cc2)c1. The average Bonchev–Trinajstić information content (AvgIpc) is 2.72. The van der Waals surface area contributed by atoms with Crippen LogP contribution in [-0.2, 0) is 14.8 Å². The van der Waals surface area contributed by atoms with Gasteiger partial charge in [0.25, 0.3) is 15.9 Å². The van der Waals surface area contributed by atoms with Crippen molar-refractivity contribution in [1.82, 2.24) is 0 Å². The summed E-state index contributed by atoms with van der Waals surface area (Å²) in [5.74, 6) is -0.456. The number of carbonyl (C=O) groups is 1.